The summed E-state index contributed by atoms with van der Waals surface area (Å²) >= 11 is 3.38. The van der Waals surface area contributed by atoms with Crippen LogP contribution in [0.3, 0.4) is 0 Å². The molecule has 4 aromatic rings. The van der Waals surface area contributed by atoms with Gasteiger partial charge in [-0.25, -0.2) is 9.79 Å². The summed E-state index contributed by atoms with van der Waals surface area (Å²) in [6.45, 7) is 5.77. The van der Waals surface area contributed by atoms with Gasteiger partial charge in [0, 0.05) is 21.3 Å². The zero-order chi connectivity index (χ0) is 31.5. The average molecular weight is 726 g/mol. The fourth-order valence-electron chi connectivity index (χ4n) is 4.87. The standard InChI is InChI=1S/C32H28IN3O7S/c1-5-42-31(38)27-19(3)34-32-35(28(27)21-10-6-18(2)7-11-21)30(37)26(44-32)15-22-14-23(33)16-25(41-4)29(22)43-17-20-8-12-24(13-9-20)36(39)40/h6-16,28H,5,17H2,1-4H3/b26-15-/t28-/m0/s1. The molecule has 3 aromatic carbocycles. The molecule has 0 fully saturated rings. The van der Waals surface area contributed by atoms with E-state index >= 15 is 0 Å². The maximum atomic E-state index is 14.1. The molecular weight excluding hydrogens is 697 g/mol. The largest absolute Gasteiger partial charge is 0.493 e. The van der Waals surface area contributed by atoms with E-state index in [4.69, 9.17) is 14.2 Å². The molecule has 2 heterocycles. The van der Waals surface area contributed by atoms with Gasteiger partial charge in [0.15, 0.2) is 16.3 Å². The first-order valence-electron chi connectivity index (χ1n) is 13.6. The molecule has 0 radical (unpaired) electrons. The predicted molar refractivity (Wildman–Crippen MR) is 175 cm³/mol. The van der Waals surface area contributed by atoms with Gasteiger partial charge in [0.2, 0.25) is 0 Å². The molecule has 0 aliphatic carbocycles. The predicted octanol–water partition coefficient (Wildman–Crippen LogP) is 5.21. The number of aryl methyl sites for hydroxylation is 1. The van der Waals surface area contributed by atoms with E-state index in [1.165, 1.54) is 30.6 Å². The number of hydrogen-bond acceptors (Lipinski definition) is 9. The lowest BCUT2D eigenvalue weighted by Crippen LogP contribution is -2.39. The second-order valence-corrected chi connectivity index (χ2v) is 12.2. The first kappa shape index (κ1) is 31.1. The van der Waals surface area contributed by atoms with Crippen molar-refractivity contribution in [2.45, 2.75) is 33.4 Å². The summed E-state index contributed by atoms with van der Waals surface area (Å²) in [4.78, 5) is 42.9. The van der Waals surface area contributed by atoms with E-state index in [0.717, 1.165) is 20.3 Å². The molecule has 0 saturated carbocycles. The van der Waals surface area contributed by atoms with Gasteiger partial charge in [0.1, 0.15) is 6.61 Å². The van der Waals surface area contributed by atoms with Crippen LogP contribution >= 0.6 is 33.9 Å². The Morgan fingerprint density at radius 1 is 1.14 bits per heavy atom. The van der Waals surface area contributed by atoms with Gasteiger partial charge in [0.05, 0.1) is 40.5 Å². The molecule has 0 bridgehead atoms. The summed E-state index contributed by atoms with van der Waals surface area (Å²) in [5, 5.41) is 11.0. The number of nitrogens with zero attached hydrogens (tertiary/aromatic N) is 3. The normalized spacial score (nSPS) is 14.6. The minimum absolute atomic E-state index is 0.0121. The van der Waals surface area contributed by atoms with Crippen LogP contribution in [0, 0.1) is 20.6 Å². The van der Waals surface area contributed by atoms with Crippen molar-refractivity contribution in [1.29, 1.82) is 0 Å². The van der Waals surface area contributed by atoms with E-state index < -0.39 is 16.9 Å². The number of fused-ring (bicyclic) bond motifs is 1. The number of nitro groups is 1. The van der Waals surface area contributed by atoms with Crippen molar-refractivity contribution in [3.63, 3.8) is 0 Å². The molecule has 5 rings (SSSR count). The van der Waals surface area contributed by atoms with Crippen LogP contribution in [0.2, 0.25) is 0 Å². The second kappa shape index (κ2) is 13.1. The molecule has 10 nitrogen and oxygen atoms in total. The van der Waals surface area contributed by atoms with Gasteiger partial charge >= 0.3 is 5.97 Å². The number of allylic oxidation sites excluding steroid dienone is 1. The molecule has 0 N–H and O–H groups in total. The van der Waals surface area contributed by atoms with Crippen molar-refractivity contribution < 1.29 is 23.9 Å². The summed E-state index contributed by atoms with van der Waals surface area (Å²) in [7, 11) is 1.53. The van der Waals surface area contributed by atoms with Crippen molar-refractivity contribution in [3.8, 4) is 11.5 Å². The average Bonchev–Trinajstić information content (AvgIpc) is 3.30. The molecule has 1 aliphatic heterocycles. The summed E-state index contributed by atoms with van der Waals surface area (Å²) in [6.07, 6.45) is 1.73. The van der Waals surface area contributed by atoms with Gasteiger partial charge in [-0.3, -0.25) is 19.5 Å². The van der Waals surface area contributed by atoms with E-state index in [1.807, 2.05) is 43.3 Å². The maximum Gasteiger partial charge on any atom is 0.338 e. The first-order chi connectivity index (χ1) is 21.1. The van der Waals surface area contributed by atoms with Crippen LogP contribution in [-0.2, 0) is 16.1 Å². The van der Waals surface area contributed by atoms with Gasteiger partial charge in [-0.05, 0) is 84.8 Å². The molecule has 44 heavy (non-hydrogen) atoms. The summed E-state index contributed by atoms with van der Waals surface area (Å²) < 4.78 is 20.0. The van der Waals surface area contributed by atoms with E-state index in [1.54, 1.807) is 36.6 Å². The number of halogens is 1. The van der Waals surface area contributed by atoms with Gasteiger partial charge < -0.3 is 14.2 Å². The number of aromatic nitrogens is 1. The summed E-state index contributed by atoms with van der Waals surface area (Å²) in [6, 6.07) is 16.8. The number of nitro benzene ring substituents is 1. The Hall–Kier alpha value is -4.30. The fraction of sp³-hybridized carbons (Fsp3) is 0.219. The number of hydrogen-bond donors (Lipinski definition) is 0. The maximum absolute atomic E-state index is 14.1. The second-order valence-electron chi connectivity index (χ2n) is 9.95. The van der Waals surface area contributed by atoms with E-state index in [2.05, 4.69) is 27.6 Å². The zero-order valence-electron chi connectivity index (χ0n) is 24.3. The van der Waals surface area contributed by atoms with Crippen molar-refractivity contribution >= 4 is 51.7 Å². The lowest BCUT2D eigenvalue weighted by atomic mass is 9.95. The fourth-order valence-corrected chi connectivity index (χ4v) is 6.52. The Balaban J connectivity index is 1.62. The third kappa shape index (κ3) is 6.31. The Morgan fingerprint density at radius 3 is 2.48 bits per heavy atom. The molecule has 226 valence electrons. The highest BCUT2D eigenvalue weighted by Crippen LogP contribution is 2.35. The van der Waals surface area contributed by atoms with Crippen LogP contribution in [0.25, 0.3) is 6.08 Å². The monoisotopic (exact) mass is 725 g/mol. The molecule has 0 unspecified atom stereocenters. The van der Waals surface area contributed by atoms with Crippen molar-refractivity contribution in [1.82, 2.24) is 4.57 Å². The Kier molecular flexibility index (Phi) is 9.30. The van der Waals surface area contributed by atoms with Crippen molar-refractivity contribution in [3.05, 3.63) is 128 Å². The topological polar surface area (TPSA) is 122 Å². The lowest BCUT2D eigenvalue weighted by Gasteiger charge is -2.24. The SMILES string of the molecule is CCOC(=O)C1=C(C)N=c2s/c(=C\c3cc(I)cc(OC)c3OCc3ccc([N+](=O)[O-])cc3)c(=O)n2[C@H]1c1ccc(C)cc1. The number of benzene rings is 3. The quantitative estimate of drug-likeness (QED) is 0.101. The van der Waals surface area contributed by atoms with Crippen LogP contribution < -0.4 is 24.4 Å². The molecule has 1 atom stereocenters. The van der Waals surface area contributed by atoms with Crippen LogP contribution in [0.15, 0.2) is 81.7 Å². The zero-order valence-corrected chi connectivity index (χ0v) is 27.3. The highest BCUT2D eigenvalue weighted by Gasteiger charge is 2.33. The number of esters is 1. The highest BCUT2D eigenvalue weighted by atomic mass is 127. The minimum atomic E-state index is -0.712. The molecule has 0 saturated heterocycles. The van der Waals surface area contributed by atoms with E-state index in [-0.39, 0.29) is 24.5 Å². The van der Waals surface area contributed by atoms with Crippen LogP contribution in [-0.4, -0.2) is 29.2 Å². The highest BCUT2D eigenvalue weighted by molar-refractivity contribution is 14.1. The summed E-state index contributed by atoms with van der Waals surface area (Å²) in [5.41, 5.74) is 3.63. The van der Waals surface area contributed by atoms with Gasteiger partial charge in [-0.1, -0.05) is 41.2 Å². The number of carbonyl (C=O) groups excluding carboxylic acids is 1. The Bertz CT molecular complexity index is 1960. The number of thiazole rings is 1. The Morgan fingerprint density at radius 2 is 1.84 bits per heavy atom. The van der Waals surface area contributed by atoms with Crippen LogP contribution in [0.1, 0.15) is 42.1 Å². The third-order valence-electron chi connectivity index (χ3n) is 7.00. The molecule has 1 aliphatic rings. The van der Waals surface area contributed by atoms with Gasteiger partial charge in [-0.2, -0.15) is 0 Å². The van der Waals surface area contributed by atoms with Crippen molar-refractivity contribution in [2.24, 2.45) is 4.99 Å². The Labute approximate surface area is 270 Å². The smallest absolute Gasteiger partial charge is 0.338 e. The van der Waals surface area contributed by atoms with Gasteiger partial charge in [0.25, 0.3) is 11.2 Å². The van der Waals surface area contributed by atoms with Crippen LogP contribution in [0.5, 0.6) is 11.5 Å². The molecule has 0 amide bonds. The molecule has 0 spiro atoms. The van der Waals surface area contributed by atoms with Crippen molar-refractivity contribution in [2.75, 3.05) is 13.7 Å². The molecule has 12 heteroatoms. The number of methoxy groups -OCH3 is 1. The third-order valence-corrected chi connectivity index (χ3v) is 8.60. The number of rotatable bonds is 9. The number of ether oxygens (including phenoxy) is 3. The molecular formula is C32H28IN3O7S. The van der Waals surface area contributed by atoms with Crippen LogP contribution in [0.4, 0.5) is 5.69 Å². The van der Waals surface area contributed by atoms with E-state index in [9.17, 15) is 19.7 Å². The summed E-state index contributed by atoms with van der Waals surface area (Å²) in [5.74, 6) is 0.365. The minimum Gasteiger partial charge on any atom is -0.493 e. The number of carbonyl (C=O) groups is 1. The number of non-ortho nitro benzene ring substituents is 1. The van der Waals surface area contributed by atoms with E-state index in [0.29, 0.717) is 37.7 Å². The first-order valence-corrected chi connectivity index (χ1v) is 15.5. The van der Waals surface area contributed by atoms with Gasteiger partial charge in [-0.15, -0.1) is 0 Å². The molecule has 1 aromatic heterocycles. The lowest BCUT2D eigenvalue weighted by molar-refractivity contribution is -0.384.